The molecule has 18 heavy (non-hydrogen) atoms. The van der Waals surface area contributed by atoms with Gasteiger partial charge >= 0.3 is 5.97 Å². The average Bonchev–Trinajstić information content (AvgIpc) is 2.70. The van der Waals surface area contributed by atoms with Crippen molar-refractivity contribution in [3.05, 3.63) is 0 Å². The van der Waals surface area contributed by atoms with Gasteiger partial charge < -0.3 is 14.7 Å². The lowest BCUT2D eigenvalue weighted by molar-refractivity contribution is -0.152. The summed E-state index contributed by atoms with van der Waals surface area (Å²) in [6, 6.07) is 0. The van der Waals surface area contributed by atoms with Gasteiger partial charge in [0, 0.05) is 13.1 Å². The fourth-order valence-electron chi connectivity index (χ4n) is 3.09. The van der Waals surface area contributed by atoms with E-state index in [9.17, 15) is 14.7 Å². The Kier molecular flexibility index (Phi) is 3.90. The average molecular weight is 255 g/mol. The molecule has 2 unspecified atom stereocenters. The number of aliphatic carboxylic acids is 1. The van der Waals surface area contributed by atoms with E-state index < -0.39 is 11.9 Å². The molecule has 102 valence electrons. The zero-order valence-corrected chi connectivity index (χ0v) is 11.0. The lowest BCUT2D eigenvalue weighted by atomic mass is 9.94. The second-order valence-corrected chi connectivity index (χ2v) is 5.59. The highest BCUT2D eigenvalue weighted by atomic mass is 16.5. The van der Waals surface area contributed by atoms with E-state index in [4.69, 9.17) is 4.74 Å². The number of morpholine rings is 1. The molecule has 2 fully saturated rings. The van der Waals surface area contributed by atoms with E-state index in [1.807, 2.05) is 13.8 Å². The van der Waals surface area contributed by atoms with Crippen molar-refractivity contribution in [1.29, 1.82) is 0 Å². The second-order valence-electron chi connectivity index (χ2n) is 5.59. The Balaban J connectivity index is 2.05. The molecule has 1 aliphatic heterocycles. The molecule has 0 spiro atoms. The largest absolute Gasteiger partial charge is 0.481 e. The van der Waals surface area contributed by atoms with E-state index in [1.165, 1.54) is 0 Å². The Morgan fingerprint density at radius 2 is 1.89 bits per heavy atom. The number of carbonyl (C=O) groups is 2. The number of carboxylic acids is 1. The summed E-state index contributed by atoms with van der Waals surface area (Å²) in [6.45, 7) is 5.67. The van der Waals surface area contributed by atoms with Crippen LogP contribution in [0.25, 0.3) is 0 Å². The van der Waals surface area contributed by atoms with Crippen molar-refractivity contribution < 1.29 is 19.4 Å². The molecule has 0 aromatic rings. The summed E-state index contributed by atoms with van der Waals surface area (Å²) < 4.78 is 5.41. The molecule has 1 saturated heterocycles. The minimum Gasteiger partial charge on any atom is -0.481 e. The first-order valence-electron chi connectivity index (χ1n) is 6.62. The fourth-order valence-corrected chi connectivity index (χ4v) is 3.09. The molecule has 5 heteroatoms. The lowest BCUT2D eigenvalue weighted by Gasteiger charge is -2.33. The first-order valence-corrected chi connectivity index (χ1v) is 6.62. The SMILES string of the molecule is CC1C[C@H](C(=O)N2CCOC(C)C2)[C@H](C(=O)O)C1. The van der Waals surface area contributed by atoms with Crippen molar-refractivity contribution in [1.82, 2.24) is 4.90 Å². The molecular formula is C13H21NO4. The van der Waals surface area contributed by atoms with Crippen LogP contribution in [0.4, 0.5) is 0 Å². The van der Waals surface area contributed by atoms with Gasteiger partial charge in [-0.15, -0.1) is 0 Å². The molecule has 0 aromatic heterocycles. The van der Waals surface area contributed by atoms with Crippen LogP contribution in [-0.2, 0) is 14.3 Å². The van der Waals surface area contributed by atoms with Crippen molar-refractivity contribution in [2.45, 2.75) is 32.8 Å². The predicted octanol–water partition coefficient (Wildman–Crippen LogP) is 0.981. The highest BCUT2D eigenvalue weighted by Gasteiger charge is 2.43. The second kappa shape index (κ2) is 5.26. The van der Waals surface area contributed by atoms with Crippen LogP contribution < -0.4 is 0 Å². The summed E-state index contributed by atoms with van der Waals surface area (Å²) in [5.74, 6) is -1.37. The summed E-state index contributed by atoms with van der Waals surface area (Å²) >= 11 is 0. The number of amides is 1. The molecule has 2 rings (SSSR count). The van der Waals surface area contributed by atoms with E-state index in [0.717, 1.165) is 0 Å². The number of hydrogen-bond acceptors (Lipinski definition) is 3. The van der Waals surface area contributed by atoms with Crippen LogP contribution in [0.1, 0.15) is 26.7 Å². The molecule has 0 radical (unpaired) electrons. The van der Waals surface area contributed by atoms with Gasteiger partial charge in [0.15, 0.2) is 0 Å². The minimum absolute atomic E-state index is 0.00176. The third-order valence-corrected chi connectivity index (χ3v) is 3.99. The summed E-state index contributed by atoms with van der Waals surface area (Å²) in [4.78, 5) is 25.4. The van der Waals surface area contributed by atoms with Gasteiger partial charge in [0.1, 0.15) is 0 Å². The van der Waals surface area contributed by atoms with Crippen LogP contribution in [0.3, 0.4) is 0 Å². The molecule has 5 nitrogen and oxygen atoms in total. The number of ether oxygens (including phenoxy) is 1. The Bertz CT molecular complexity index is 344. The first-order chi connectivity index (χ1) is 8.49. The van der Waals surface area contributed by atoms with Gasteiger partial charge in [-0.2, -0.15) is 0 Å². The Morgan fingerprint density at radius 1 is 1.22 bits per heavy atom. The molecule has 1 saturated carbocycles. The first kappa shape index (κ1) is 13.3. The number of nitrogens with zero attached hydrogens (tertiary/aromatic N) is 1. The van der Waals surface area contributed by atoms with Gasteiger partial charge in [0.25, 0.3) is 0 Å². The number of rotatable bonds is 2. The highest BCUT2D eigenvalue weighted by Crippen LogP contribution is 2.37. The predicted molar refractivity (Wildman–Crippen MR) is 65.0 cm³/mol. The van der Waals surface area contributed by atoms with Gasteiger partial charge in [0.05, 0.1) is 24.5 Å². The number of carbonyl (C=O) groups excluding carboxylic acids is 1. The van der Waals surface area contributed by atoms with Gasteiger partial charge in [-0.1, -0.05) is 6.92 Å². The summed E-state index contributed by atoms with van der Waals surface area (Å²) in [5, 5.41) is 9.21. The van der Waals surface area contributed by atoms with Crippen LogP contribution in [0, 0.1) is 17.8 Å². The van der Waals surface area contributed by atoms with E-state index in [0.29, 0.717) is 38.5 Å². The maximum Gasteiger partial charge on any atom is 0.307 e. The monoisotopic (exact) mass is 255 g/mol. The molecule has 1 heterocycles. The summed E-state index contributed by atoms with van der Waals surface area (Å²) in [6.07, 6.45) is 1.36. The highest BCUT2D eigenvalue weighted by molar-refractivity contribution is 5.85. The minimum atomic E-state index is -0.834. The van der Waals surface area contributed by atoms with E-state index in [1.54, 1.807) is 4.90 Å². The van der Waals surface area contributed by atoms with Gasteiger partial charge in [-0.05, 0) is 25.7 Å². The third kappa shape index (κ3) is 2.66. The van der Waals surface area contributed by atoms with Gasteiger partial charge in [-0.25, -0.2) is 0 Å². The molecular weight excluding hydrogens is 234 g/mol. The topological polar surface area (TPSA) is 66.8 Å². The molecule has 1 N–H and O–H groups in total. The maximum absolute atomic E-state index is 12.4. The molecule has 4 atom stereocenters. The van der Waals surface area contributed by atoms with Crippen LogP contribution in [0.5, 0.6) is 0 Å². The smallest absolute Gasteiger partial charge is 0.307 e. The fraction of sp³-hybridized carbons (Fsp3) is 0.846. The van der Waals surface area contributed by atoms with Crippen molar-refractivity contribution in [2.75, 3.05) is 19.7 Å². The maximum atomic E-state index is 12.4. The lowest BCUT2D eigenvalue weighted by Crippen LogP contribution is -2.48. The van der Waals surface area contributed by atoms with Crippen molar-refractivity contribution in [3.8, 4) is 0 Å². The molecule has 1 aliphatic carbocycles. The normalized spacial score (nSPS) is 36.7. The van der Waals surface area contributed by atoms with Crippen molar-refractivity contribution in [2.24, 2.45) is 17.8 Å². The van der Waals surface area contributed by atoms with Crippen molar-refractivity contribution >= 4 is 11.9 Å². The van der Waals surface area contributed by atoms with Crippen LogP contribution in [-0.4, -0.2) is 47.7 Å². The third-order valence-electron chi connectivity index (χ3n) is 3.99. The Morgan fingerprint density at radius 3 is 2.50 bits per heavy atom. The zero-order valence-electron chi connectivity index (χ0n) is 11.0. The van der Waals surface area contributed by atoms with Crippen LogP contribution >= 0.6 is 0 Å². The Hall–Kier alpha value is -1.10. The number of hydrogen-bond donors (Lipinski definition) is 1. The molecule has 0 aromatic carbocycles. The van der Waals surface area contributed by atoms with Gasteiger partial charge in [-0.3, -0.25) is 9.59 Å². The molecule has 0 bridgehead atoms. The molecule has 1 amide bonds. The Labute approximate surface area is 107 Å². The van der Waals surface area contributed by atoms with Crippen LogP contribution in [0.2, 0.25) is 0 Å². The van der Waals surface area contributed by atoms with Crippen molar-refractivity contribution in [3.63, 3.8) is 0 Å². The summed E-state index contributed by atoms with van der Waals surface area (Å²) in [5.41, 5.74) is 0. The van der Waals surface area contributed by atoms with E-state index in [-0.39, 0.29) is 17.9 Å². The zero-order chi connectivity index (χ0) is 13.3. The number of carboxylic acid groups (broad SMARTS) is 1. The standard InChI is InChI=1S/C13H21NO4/c1-8-5-10(11(6-8)13(16)17)12(15)14-3-4-18-9(2)7-14/h8-11H,3-7H2,1-2H3,(H,16,17)/t8?,9?,10-,11+/m0/s1. The molecule has 2 aliphatic rings. The van der Waals surface area contributed by atoms with Gasteiger partial charge in [0.2, 0.25) is 5.91 Å². The van der Waals surface area contributed by atoms with Crippen LogP contribution in [0.15, 0.2) is 0 Å². The summed E-state index contributed by atoms with van der Waals surface area (Å²) in [7, 11) is 0. The quantitative estimate of drug-likeness (QED) is 0.798. The van der Waals surface area contributed by atoms with E-state index >= 15 is 0 Å². The van der Waals surface area contributed by atoms with E-state index in [2.05, 4.69) is 0 Å².